The maximum absolute atomic E-state index is 12.7. The van der Waals surface area contributed by atoms with Crippen LogP contribution in [0.3, 0.4) is 0 Å². The Bertz CT molecular complexity index is 644. The quantitative estimate of drug-likeness (QED) is 0.899. The van der Waals surface area contributed by atoms with Crippen LogP contribution in [0.25, 0.3) is 0 Å². The Balaban J connectivity index is 3.44. The van der Waals surface area contributed by atoms with Gasteiger partial charge in [-0.3, -0.25) is 4.79 Å². The first-order valence-electron chi connectivity index (χ1n) is 6.77. The summed E-state index contributed by atoms with van der Waals surface area (Å²) < 4.78 is 23.2. The Hall–Kier alpha value is -1.11. The molecule has 0 aliphatic carbocycles. The number of nitrogens with zero attached hydrogens (tertiary/aromatic N) is 1. The summed E-state index contributed by atoms with van der Waals surface area (Å²) in [7, 11) is -3.93. The van der Waals surface area contributed by atoms with Crippen LogP contribution in [-0.2, 0) is 10.0 Å². The standard InChI is InChI=1S/C14H21ClN2O3S/c1-5-9(3)17(6-2)14(18)12-7-11(15)8-13(10(12)4)21(16,19)20/h7-9H,5-6H2,1-4H3,(H2,16,19,20). The molecule has 0 aliphatic rings. The molecular formula is C14H21ClN2O3S. The van der Waals surface area contributed by atoms with Gasteiger partial charge in [0.15, 0.2) is 0 Å². The molecule has 1 atom stereocenters. The smallest absolute Gasteiger partial charge is 0.254 e. The van der Waals surface area contributed by atoms with Crippen LogP contribution in [0.4, 0.5) is 0 Å². The fraction of sp³-hybridized carbons (Fsp3) is 0.500. The number of nitrogens with two attached hydrogens (primary N) is 1. The lowest BCUT2D eigenvalue weighted by molar-refractivity contribution is 0.0699. The third-order valence-corrected chi connectivity index (χ3v) is 4.84. The highest BCUT2D eigenvalue weighted by Gasteiger charge is 2.24. The van der Waals surface area contributed by atoms with Crippen LogP contribution in [0, 0.1) is 6.92 Å². The third-order valence-electron chi connectivity index (χ3n) is 3.59. The van der Waals surface area contributed by atoms with Crippen molar-refractivity contribution < 1.29 is 13.2 Å². The number of hydrogen-bond acceptors (Lipinski definition) is 3. The van der Waals surface area contributed by atoms with Gasteiger partial charge in [0, 0.05) is 23.2 Å². The zero-order valence-electron chi connectivity index (χ0n) is 12.7. The van der Waals surface area contributed by atoms with Crippen molar-refractivity contribution in [3.05, 3.63) is 28.3 Å². The van der Waals surface area contributed by atoms with Gasteiger partial charge in [0.05, 0.1) is 4.90 Å². The lowest BCUT2D eigenvalue weighted by atomic mass is 10.1. The summed E-state index contributed by atoms with van der Waals surface area (Å²) in [5, 5.41) is 5.35. The molecule has 0 fully saturated rings. The molecule has 0 spiro atoms. The van der Waals surface area contributed by atoms with E-state index in [1.807, 2.05) is 20.8 Å². The molecule has 0 aromatic heterocycles. The molecule has 0 aliphatic heterocycles. The summed E-state index contributed by atoms with van der Waals surface area (Å²) in [6.07, 6.45) is 0.807. The SMILES string of the molecule is CCC(C)N(CC)C(=O)c1cc(Cl)cc(S(N)(=O)=O)c1C. The van der Waals surface area contributed by atoms with Gasteiger partial charge < -0.3 is 4.90 Å². The van der Waals surface area contributed by atoms with Crippen LogP contribution in [0.1, 0.15) is 43.1 Å². The monoisotopic (exact) mass is 332 g/mol. The van der Waals surface area contributed by atoms with Gasteiger partial charge in [0.2, 0.25) is 10.0 Å². The summed E-state index contributed by atoms with van der Waals surface area (Å²) >= 11 is 5.94. The molecule has 0 saturated heterocycles. The Labute approximate surface area is 131 Å². The number of halogens is 1. The molecule has 0 radical (unpaired) electrons. The number of rotatable bonds is 5. The van der Waals surface area contributed by atoms with E-state index in [1.54, 1.807) is 11.8 Å². The van der Waals surface area contributed by atoms with Crippen LogP contribution in [0.15, 0.2) is 17.0 Å². The van der Waals surface area contributed by atoms with E-state index in [2.05, 4.69) is 0 Å². The molecule has 7 heteroatoms. The average molecular weight is 333 g/mol. The zero-order valence-corrected chi connectivity index (χ0v) is 14.3. The maximum atomic E-state index is 12.7. The van der Waals surface area contributed by atoms with E-state index in [1.165, 1.54) is 12.1 Å². The number of sulfonamides is 1. The molecule has 0 heterocycles. The van der Waals surface area contributed by atoms with E-state index in [9.17, 15) is 13.2 Å². The van der Waals surface area contributed by atoms with Crippen molar-refractivity contribution in [1.29, 1.82) is 0 Å². The van der Waals surface area contributed by atoms with Crippen molar-refractivity contribution in [2.24, 2.45) is 5.14 Å². The van der Waals surface area contributed by atoms with E-state index in [4.69, 9.17) is 16.7 Å². The molecule has 2 N–H and O–H groups in total. The van der Waals surface area contributed by atoms with Gasteiger partial charge in [-0.2, -0.15) is 0 Å². The topological polar surface area (TPSA) is 80.5 Å². The molecule has 1 aromatic rings. The minimum Gasteiger partial charge on any atom is -0.336 e. The molecule has 1 aromatic carbocycles. The molecule has 21 heavy (non-hydrogen) atoms. The number of benzene rings is 1. The van der Waals surface area contributed by atoms with Gasteiger partial charge in [0.1, 0.15) is 0 Å². The summed E-state index contributed by atoms with van der Waals surface area (Å²) in [6, 6.07) is 2.81. The summed E-state index contributed by atoms with van der Waals surface area (Å²) in [6.45, 7) is 7.91. The van der Waals surface area contributed by atoms with Gasteiger partial charge in [-0.05, 0) is 44.9 Å². The highest BCUT2D eigenvalue weighted by atomic mass is 35.5. The van der Waals surface area contributed by atoms with Crippen molar-refractivity contribution in [2.45, 2.75) is 45.1 Å². The molecular weight excluding hydrogens is 312 g/mol. The number of carbonyl (C=O) groups is 1. The van der Waals surface area contributed by atoms with Gasteiger partial charge in [-0.15, -0.1) is 0 Å². The van der Waals surface area contributed by atoms with Crippen LogP contribution >= 0.6 is 11.6 Å². The first-order chi connectivity index (χ1) is 9.63. The van der Waals surface area contributed by atoms with Crippen molar-refractivity contribution in [1.82, 2.24) is 4.90 Å². The first-order valence-corrected chi connectivity index (χ1v) is 8.69. The van der Waals surface area contributed by atoms with Crippen LogP contribution in [0.2, 0.25) is 5.02 Å². The second-order valence-electron chi connectivity index (χ2n) is 4.97. The lowest BCUT2D eigenvalue weighted by Crippen LogP contribution is -2.38. The minimum atomic E-state index is -3.93. The second-order valence-corrected chi connectivity index (χ2v) is 6.94. The predicted molar refractivity (Wildman–Crippen MR) is 84.0 cm³/mol. The van der Waals surface area contributed by atoms with Gasteiger partial charge in [-0.25, -0.2) is 13.6 Å². The van der Waals surface area contributed by atoms with Gasteiger partial charge >= 0.3 is 0 Å². The molecule has 1 amide bonds. The fourth-order valence-electron chi connectivity index (χ4n) is 2.20. The number of primary sulfonamides is 1. The van der Waals surface area contributed by atoms with E-state index in [0.717, 1.165) is 6.42 Å². The van der Waals surface area contributed by atoms with E-state index < -0.39 is 10.0 Å². The fourth-order valence-corrected chi connectivity index (χ4v) is 3.31. The predicted octanol–water partition coefficient (Wildman–Crippen LogP) is 2.56. The first kappa shape index (κ1) is 17.9. The highest BCUT2D eigenvalue weighted by molar-refractivity contribution is 7.89. The lowest BCUT2D eigenvalue weighted by Gasteiger charge is -2.28. The van der Waals surface area contributed by atoms with E-state index in [0.29, 0.717) is 12.1 Å². The van der Waals surface area contributed by atoms with Crippen LogP contribution in [0.5, 0.6) is 0 Å². The van der Waals surface area contributed by atoms with Crippen LogP contribution < -0.4 is 5.14 Å². The van der Waals surface area contributed by atoms with Crippen molar-refractivity contribution >= 4 is 27.5 Å². The summed E-state index contributed by atoms with van der Waals surface area (Å²) in [5.41, 5.74) is 0.599. The molecule has 5 nitrogen and oxygen atoms in total. The number of amides is 1. The van der Waals surface area contributed by atoms with E-state index in [-0.39, 0.29) is 27.4 Å². The molecule has 1 rings (SSSR count). The largest absolute Gasteiger partial charge is 0.336 e. The Morgan fingerprint density at radius 1 is 1.38 bits per heavy atom. The molecule has 118 valence electrons. The van der Waals surface area contributed by atoms with Gasteiger partial charge in [-0.1, -0.05) is 18.5 Å². The molecule has 0 saturated carbocycles. The minimum absolute atomic E-state index is 0.0545. The normalized spacial score (nSPS) is 13.0. The average Bonchev–Trinajstić information content (AvgIpc) is 2.40. The Kier molecular flexibility index (Phi) is 5.78. The van der Waals surface area contributed by atoms with Gasteiger partial charge in [0.25, 0.3) is 5.91 Å². The highest BCUT2D eigenvalue weighted by Crippen LogP contribution is 2.25. The molecule has 1 unspecified atom stereocenters. The number of carbonyl (C=O) groups excluding carboxylic acids is 1. The van der Waals surface area contributed by atoms with Crippen molar-refractivity contribution in [3.8, 4) is 0 Å². The summed E-state index contributed by atoms with van der Waals surface area (Å²) in [5.74, 6) is -0.239. The summed E-state index contributed by atoms with van der Waals surface area (Å²) in [4.78, 5) is 14.2. The van der Waals surface area contributed by atoms with Crippen molar-refractivity contribution in [2.75, 3.05) is 6.54 Å². The second kappa shape index (κ2) is 6.77. The number of hydrogen-bond donors (Lipinski definition) is 1. The van der Waals surface area contributed by atoms with Crippen molar-refractivity contribution in [3.63, 3.8) is 0 Å². The zero-order chi connectivity index (χ0) is 16.4. The maximum Gasteiger partial charge on any atom is 0.254 e. The molecule has 0 bridgehead atoms. The third kappa shape index (κ3) is 3.96. The van der Waals surface area contributed by atoms with E-state index >= 15 is 0 Å². The Morgan fingerprint density at radius 3 is 2.38 bits per heavy atom. The van der Waals surface area contributed by atoms with Crippen LogP contribution in [-0.4, -0.2) is 31.8 Å². The Morgan fingerprint density at radius 2 is 1.95 bits per heavy atom.